The summed E-state index contributed by atoms with van der Waals surface area (Å²) in [4.78, 5) is 0. The van der Waals surface area contributed by atoms with Crippen molar-refractivity contribution in [1.82, 2.24) is 0 Å². The van der Waals surface area contributed by atoms with E-state index in [1.54, 1.807) is 6.08 Å². The lowest BCUT2D eigenvalue weighted by molar-refractivity contribution is 0.130. The maximum absolute atomic E-state index is 10.4. The van der Waals surface area contributed by atoms with Gasteiger partial charge < -0.3 is 10.2 Å². The molecule has 0 fully saturated rings. The fraction of sp³-hybridized carbons (Fsp3) is 0.286. The highest BCUT2D eigenvalue weighted by molar-refractivity contribution is 7.98. The van der Waals surface area contributed by atoms with Gasteiger partial charge in [-0.3, -0.25) is 0 Å². The number of rotatable bonds is 9. The summed E-state index contributed by atoms with van der Waals surface area (Å²) in [5.41, 5.74) is 2.33. The van der Waals surface area contributed by atoms with E-state index < -0.39 is 6.10 Å². The summed E-state index contributed by atoms with van der Waals surface area (Å²) in [7, 11) is 0. The molecule has 2 aromatic carbocycles. The maximum Gasteiger partial charge on any atom is 0.0739 e. The van der Waals surface area contributed by atoms with E-state index in [4.69, 9.17) is 0 Å². The lowest BCUT2D eigenvalue weighted by Gasteiger charge is -2.18. The quantitative estimate of drug-likeness (QED) is 0.363. The lowest BCUT2D eigenvalue weighted by atomic mass is 9.98. The van der Waals surface area contributed by atoms with Gasteiger partial charge in [0.15, 0.2) is 0 Å². The number of hydrogen-bond acceptors (Lipinski definition) is 1. The van der Waals surface area contributed by atoms with Gasteiger partial charge in [0.05, 0.1) is 11.2 Å². The standard InChI is InChI=1S/C21H26O2S/c1-2-19(20(22)14-13-17-9-5-3-6-10-17)16-24-21(23)15-18-11-7-4-8-12-18/h2-12,19-20,22-24H,1,13-16H2/t19-,20-/m0/s1. The highest BCUT2D eigenvalue weighted by atomic mass is 32.1. The number of benzene rings is 2. The molecule has 0 saturated carbocycles. The Morgan fingerprint density at radius 2 is 1.58 bits per heavy atom. The zero-order valence-corrected chi connectivity index (χ0v) is 14.8. The van der Waals surface area contributed by atoms with Crippen molar-refractivity contribution in [2.75, 3.05) is 5.75 Å². The molecular weight excluding hydrogens is 316 g/mol. The monoisotopic (exact) mass is 342 g/mol. The van der Waals surface area contributed by atoms with Crippen LogP contribution >= 0.6 is 11.4 Å². The Labute approximate surface area is 148 Å². The SMILES string of the molecule is C=C[C@@H](C[SH]=C(O)Cc1ccccc1)[C@@H](O)CCc1ccccc1. The zero-order valence-electron chi connectivity index (χ0n) is 13.9. The Morgan fingerprint density at radius 3 is 2.17 bits per heavy atom. The topological polar surface area (TPSA) is 40.5 Å². The van der Waals surface area contributed by atoms with E-state index in [9.17, 15) is 10.2 Å². The average Bonchev–Trinajstić information content (AvgIpc) is 2.62. The highest BCUT2D eigenvalue weighted by Gasteiger charge is 2.15. The van der Waals surface area contributed by atoms with Crippen LogP contribution in [0.25, 0.3) is 0 Å². The van der Waals surface area contributed by atoms with Crippen LogP contribution in [0, 0.1) is 5.92 Å². The van der Waals surface area contributed by atoms with Crippen LogP contribution < -0.4 is 0 Å². The first-order chi connectivity index (χ1) is 11.7. The molecule has 24 heavy (non-hydrogen) atoms. The number of thiol groups is 1. The highest BCUT2D eigenvalue weighted by Crippen LogP contribution is 2.16. The van der Waals surface area contributed by atoms with E-state index in [0.29, 0.717) is 23.6 Å². The predicted molar refractivity (Wildman–Crippen MR) is 106 cm³/mol. The van der Waals surface area contributed by atoms with Crippen LogP contribution in [0.4, 0.5) is 0 Å². The second-order valence-electron chi connectivity index (χ2n) is 5.91. The van der Waals surface area contributed by atoms with Crippen LogP contribution in [-0.4, -0.2) is 27.1 Å². The second-order valence-corrected chi connectivity index (χ2v) is 7.11. The predicted octanol–water partition coefficient (Wildman–Crippen LogP) is 4.18. The third-order valence-corrected chi connectivity index (χ3v) is 5.19. The van der Waals surface area contributed by atoms with Gasteiger partial charge in [-0.2, -0.15) is 11.4 Å². The summed E-state index contributed by atoms with van der Waals surface area (Å²) in [5, 5.41) is 21.0. The van der Waals surface area contributed by atoms with E-state index >= 15 is 0 Å². The number of aliphatic hydroxyl groups excluding tert-OH is 2. The molecule has 0 radical (unpaired) electrons. The van der Waals surface area contributed by atoms with Gasteiger partial charge in [0.25, 0.3) is 0 Å². The van der Waals surface area contributed by atoms with Crippen molar-refractivity contribution in [2.45, 2.75) is 25.4 Å². The molecule has 0 bridgehead atoms. The van der Waals surface area contributed by atoms with E-state index in [1.807, 2.05) is 48.5 Å². The van der Waals surface area contributed by atoms with Crippen molar-refractivity contribution in [1.29, 1.82) is 0 Å². The van der Waals surface area contributed by atoms with Crippen molar-refractivity contribution in [2.24, 2.45) is 5.92 Å². The molecule has 2 rings (SSSR count). The molecule has 0 aliphatic rings. The Bertz CT molecular complexity index is 637. The fourth-order valence-corrected chi connectivity index (χ4v) is 3.68. The third-order valence-electron chi connectivity index (χ3n) is 4.06. The lowest BCUT2D eigenvalue weighted by Crippen LogP contribution is -2.21. The van der Waals surface area contributed by atoms with Gasteiger partial charge in [-0.05, 0) is 29.7 Å². The Kier molecular flexibility index (Phi) is 7.96. The van der Waals surface area contributed by atoms with Gasteiger partial charge in [0.2, 0.25) is 0 Å². The smallest absolute Gasteiger partial charge is 0.0739 e. The van der Waals surface area contributed by atoms with Crippen molar-refractivity contribution in [3.63, 3.8) is 0 Å². The first-order valence-corrected chi connectivity index (χ1v) is 9.37. The molecule has 2 nitrogen and oxygen atoms in total. The summed E-state index contributed by atoms with van der Waals surface area (Å²) >= 11 is 0.859. The van der Waals surface area contributed by atoms with Gasteiger partial charge in [0, 0.05) is 12.3 Å². The second kappa shape index (κ2) is 10.2. The minimum Gasteiger partial charge on any atom is -0.392 e. The van der Waals surface area contributed by atoms with Crippen molar-refractivity contribution in [3.05, 3.63) is 84.4 Å². The third kappa shape index (κ3) is 6.44. The summed E-state index contributed by atoms with van der Waals surface area (Å²) in [5.74, 6) is 0.686. The van der Waals surface area contributed by atoms with E-state index in [1.165, 1.54) is 5.56 Å². The van der Waals surface area contributed by atoms with Crippen molar-refractivity contribution in [3.8, 4) is 0 Å². The average molecular weight is 343 g/mol. The van der Waals surface area contributed by atoms with E-state index in [-0.39, 0.29) is 5.92 Å². The fourth-order valence-electron chi connectivity index (χ4n) is 2.57. The summed E-state index contributed by atoms with van der Waals surface area (Å²) in [6, 6.07) is 20.1. The van der Waals surface area contributed by atoms with Gasteiger partial charge in [0.1, 0.15) is 0 Å². The molecule has 2 N–H and O–H groups in total. The van der Waals surface area contributed by atoms with Gasteiger partial charge in [-0.25, -0.2) is 0 Å². The molecule has 128 valence electrons. The van der Waals surface area contributed by atoms with Gasteiger partial charge in [-0.1, -0.05) is 66.7 Å². The molecular formula is C21H26O2S. The first kappa shape index (κ1) is 18.7. The molecule has 2 atom stereocenters. The summed E-state index contributed by atoms with van der Waals surface area (Å²) < 4.78 is 0. The molecule has 2 aromatic rings. The molecule has 0 saturated heterocycles. The molecule has 0 aromatic heterocycles. The molecule has 3 heteroatoms. The molecule has 0 amide bonds. The molecule has 0 aliphatic carbocycles. The normalized spacial score (nSPS) is 14.5. The first-order valence-electron chi connectivity index (χ1n) is 8.30. The molecule has 0 spiro atoms. The van der Waals surface area contributed by atoms with Crippen LogP contribution in [0.1, 0.15) is 17.5 Å². The van der Waals surface area contributed by atoms with Crippen LogP contribution in [-0.2, 0) is 12.8 Å². The number of aryl methyl sites for hydroxylation is 1. The Morgan fingerprint density at radius 1 is 1.00 bits per heavy atom. The van der Waals surface area contributed by atoms with Crippen LogP contribution in [0.3, 0.4) is 0 Å². The van der Waals surface area contributed by atoms with Crippen molar-refractivity contribution < 1.29 is 10.2 Å². The largest absolute Gasteiger partial charge is 0.392 e. The Balaban J connectivity index is 1.84. The minimum absolute atomic E-state index is 0.00620. The van der Waals surface area contributed by atoms with Crippen LogP contribution in [0.2, 0.25) is 0 Å². The van der Waals surface area contributed by atoms with Gasteiger partial charge in [-0.15, -0.1) is 6.58 Å². The van der Waals surface area contributed by atoms with Crippen molar-refractivity contribution >= 4 is 16.4 Å². The van der Waals surface area contributed by atoms with E-state index in [0.717, 1.165) is 23.3 Å². The van der Waals surface area contributed by atoms with E-state index in [2.05, 4.69) is 18.7 Å². The van der Waals surface area contributed by atoms with Crippen LogP contribution in [0.15, 0.2) is 73.3 Å². The Hall–Kier alpha value is -1.68. The summed E-state index contributed by atoms with van der Waals surface area (Å²) in [6.07, 6.45) is 3.49. The maximum atomic E-state index is 10.4. The molecule has 0 unspecified atom stereocenters. The van der Waals surface area contributed by atoms with Gasteiger partial charge >= 0.3 is 0 Å². The van der Waals surface area contributed by atoms with Crippen LogP contribution in [0.5, 0.6) is 0 Å². The minimum atomic E-state index is -0.431. The molecule has 0 heterocycles. The number of hydrogen-bond donors (Lipinski definition) is 3. The summed E-state index contributed by atoms with van der Waals surface area (Å²) in [6.45, 7) is 3.84. The number of aliphatic hydroxyl groups is 2. The molecule has 0 aliphatic heterocycles. The zero-order chi connectivity index (χ0) is 17.2.